The molecule has 184 valence electrons. The number of nitrogens with one attached hydrogen (secondary N) is 2. The highest BCUT2D eigenvalue weighted by molar-refractivity contribution is 6.32. The second-order valence-corrected chi connectivity index (χ2v) is 9.38. The minimum Gasteiger partial charge on any atom is -0.495 e. The number of hydrogen-bond acceptors (Lipinski definition) is 6. The fraction of sp³-hybridized carbons (Fsp3) is 0.259. The van der Waals surface area contributed by atoms with Crippen LogP contribution in [0.2, 0.25) is 5.02 Å². The van der Waals surface area contributed by atoms with Gasteiger partial charge in [-0.25, -0.2) is 9.97 Å². The van der Waals surface area contributed by atoms with Crippen molar-refractivity contribution < 1.29 is 9.53 Å². The van der Waals surface area contributed by atoms with E-state index in [9.17, 15) is 4.79 Å². The van der Waals surface area contributed by atoms with Gasteiger partial charge in [0.25, 0.3) is 5.91 Å². The Morgan fingerprint density at radius 2 is 2.03 bits per heavy atom. The lowest BCUT2D eigenvalue weighted by Gasteiger charge is -2.16. The van der Waals surface area contributed by atoms with Gasteiger partial charge in [0.15, 0.2) is 0 Å². The third-order valence-electron chi connectivity index (χ3n) is 6.27. The molecule has 36 heavy (non-hydrogen) atoms. The predicted octanol–water partition coefficient (Wildman–Crippen LogP) is 5.74. The molecule has 0 bridgehead atoms. The molecular weight excluding hydrogens is 476 g/mol. The molecule has 2 aromatic heterocycles. The number of carbonyl (C=O) groups excluding carboxylic acids is 1. The molecule has 1 unspecified atom stereocenters. The van der Waals surface area contributed by atoms with Crippen molar-refractivity contribution in [2.45, 2.75) is 38.8 Å². The summed E-state index contributed by atoms with van der Waals surface area (Å²) < 4.78 is 7.41. The predicted molar refractivity (Wildman–Crippen MR) is 140 cm³/mol. The number of benzene rings is 2. The lowest BCUT2D eigenvalue weighted by molar-refractivity contribution is 0.0936. The number of halogens is 1. The Kier molecular flexibility index (Phi) is 6.61. The molecule has 0 aliphatic heterocycles. The van der Waals surface area contributed by atoms with Crippen molar-refractivity contribution in [1.29, 1.82) is 0 Å². The maximum Gasteiger partial charge on any atom is 0.251 e. The standard InChI is InChI=1S/C27H27ClN6O2/c1-16(2)34-13-12-23(33-34)25-20(28)15-29-27(32-25)31-22-11-9-18(14-24(22)36-3)26(35)30-21-10-8-17-6-4-5-7-19(17)21/h4-7,9,11-16,21H,8,10H2,1-3H3,(H,30,35)(H,29,31,32). The quantitative estimate of drug-likeness (QED) is 0.334. The Bertz CT molecular complexity index is 1420. The van der Waals surface area contributed by atoms with Gasteiger partial charge in [0.2, 0.25) is 5.95 Å². The van der Waals surface area contributed by atoms with Gasteiger partial charge in [0, 0.05) is 17.8 Å². The van der Waals surface area contributed by atoms with E-state index in [1.807, 2.05) is 42.9 Å². The minimum absolute atomic E-state index is 0.0116. The van der Waals surface area contributed by atoms with Crippen LogP contribution in [0.1, 0.15) is 53.8 Å². The number of methoxy groups -OCH3 is 1. The van der Waals surface area contributed by atoms with Crippen LogP contribution in [0.5, 0.6) is 5.75 Å². The normalized spacial score (nSPS) is 14.5. The van der Waals surface area contributed by atoms with Crippen molar-refractivity contribution in [2.75, 3.05) is 12.4 Å². The molecule has 2 heterocycles. The molecule has 1 atom stereocenters. The molecule has 0 radical (unpaired) electrons. The molecule has 5 rings (SSSR count). The first-order valence-electron chi connectivity index (χ1n) is 11.8. The Morgan fingerprint density at radius 3 is 2.81 bits per heavy atom. The zero-order chi connectivity index (χ0) is 25.2. The number of hydrogen-bond donors (Lipinski definition) is 2. The molecule has 1 amide bonds. The molecule has 0 fully saturated rings. The maximum atomic E-state index is 13.0. The van der Waals surface area contributed by atoms with Crippen LogP contribution in [0.25, 0.3) is 11.4 Å². The van der Waals surface area contributed by atoms with Gasteiger partial charge in [0.1, 0.15) is 17.1 Å². The smallest absolute Gasteiger partial charge is 0.251 e. The second-order valence-electron chi connectivity index (χ2n) is 8.97. The summed E-state index contributed by atoms with van der Waals surface area (Å²) in [5, 5.41) is 11.3. The maximum absolute atomic E-state index is 13.0. The van der Waals surface area contributed by atoms with E-state index in [4.69, 9.17) is 16.3 Å². The fourth-order valence-corrected chi connectivity index (χ4v) is 4.55. The van der Waals surface area contributed by atoms with Crippen LogP contribution in [0, 0.1) is 0 Å². The van der Waals surface area contributed by atoms with Crippen molar-refractivity contribution in [1.82, 2.24) is 25.1 Å². The van der Waals surface area contributed by atoms with Gasteiger partial charge >= 0.3 is 0 Å². The first kappa shape index (κ1) is 23.8. The van der Waals surface area contributed by atoms with E-state index >= 15 is 0 Å². The van der Waals surface area contributed by atoms with Gasteiger partial charge in [-0.3, -0.25) is 9.48 Å². The second kappa shape index (κ2) is 9.99. The van der Waals surface area contributed by atoms with Crippen LogP contribution in [0.4, 0.5) is 11.6 Å². The van der Waals surface area contributed by atoms with Crippen LogP contribution < -0.4 is 15.4 Å². The number of aryl methyl sites for hydroxylation is 1. The van der Waals surface area contributed by atoms with Crippen molar-refractivity contribution >= 4 is 29.1 Å². The number of anilines is 2. The Balaban J connectivity index is 1.34. The summed E-state index contributed by atoms with van der Waals surface area (Å²) in [6, 6.07) is 15.6. The molecule has 2 aromatic carbocycles. The first-order chi connectivity index (χ1) is 17.4. The van der Waals surface area contributed by atoms with E-state index in [0.29, 0.717) is 39.4 Å². The molecule has 0 saturated heterocycles. The summed E-state index contributed by atoms with van der Waals surface area (Å²) >= 11 is 6.37. The first-order valence-corrected chi connectivity index (χ1v) is 12.2. The molecule has 0 spiro atoms. The average Bonchev–Trinajstić information content (AvgIpc) is 3.53. The van der Waals surface area contributed by atoms with E-state index in [1.54, 1.807) is 25.3 Å². The number of carbonyl (C=O) groups is 1. The van der Waals surface area contributed by atoms with Crippen molar-refractivity contribution in [2.24, 2.45) is 0 Å². The summed E-state index contributed by atoms with van der Waals surface area (Å²) in [5.74, 6) is 0.692. The van der Waals surface area contributed by atoms with Gasteiger partial charge in [-0.1, -0.05) is 35.9 Å². The van der Waals surface area contributed by atoms with Gasteiger partial charge in [-0.2, -0.15) is 5.10 Å². The fourth-order valence-electron chi connectivity index (χ4n) is 4.36. The van der Waals surface area contributed by atoms with Crippen LogP contribution in [-0.2, 0) is 6.42 Å². The SMILES string of the molecule is COc1cc(C(=O)NC2CCc3ccccc32)ccc1Nc1ncc(Cl)c(-c2ccn(C(C)C)n2)n1. The molecule has 8 nitrogen and oxygen atoms in total. The Labute approximate surface area is 214 Å². The number of aromatic nitrogens is 4. The van der Waals surface area contributed by atoms with E-state index in [0.717, 1.165) is 12.8 Å². The molecule has 9 heteroatoms. The average molecular weight is 503 g/mol. The van der Waals surface area contributed by atoms with Gasteiger partial charge in [-0.15, -0.1) is 0 Å². The number of nitrogens with zero attached hydrogens (tertiary/aromatic N) is 4. The van der Waals surface area contributed by atoms with Crippen molar-refractivity contribution in [3.05, 3.63) is 82.6 Å². The molecule has 1 aliphatic carbocycles. The van der Waals surface area contributed by atoms with Gasteiger partial charge in [-0.05, 0) is 62.1 Å². The van der Waals surface area contributed by atoms with E-state index in [-0.39, 0.29) is 18.0 Å². The highest BCUT2D eigenvalue weighted by Crippen LogP contribution is 2.33. The molecular formula is C27H27ClN6O2. The Morgan fingerprint density at radius 1 is 1.19 bits per heavy atom. The summed E-state index contributed by atoms with van der Waals surface area (Å²) in [6.45, 7) is 4.10. The molecule has 1 aliphatic rings. The Hall–Kier alpha value is -3.91. The summed E-state index contributed by atoms with van der Waals surface area (Å²) in [4.78, 5) is 21.9. The highest BCUT2D eigenvalue weighted by atomic mass is 35.5. The zero-order valence-corrected chi connectivity index (χ0v) is 21.1. The molecule has 0 saturated carbocycles. The summed E-state index contributed by atoms with van der Waals surface area (Å²) in [5.41, 5.74) is 4.80. The zero-order valence-electron chi connectivity index (χ0n) is 20.3. The minimum atomic E-state index is -0.146. The third kappa shape index (κ3) is 4.77. The van der Waals surface area contributed by atoms with E-state index < -0.39 is 0 Å². The van der Waals surface area contributed by atoms with Crippen LogP contribution in [0.3, 0.4) is 0 Å². The van der Waals surface area contributed by atoms with Gasteiger partial charge < -0.3 is 15.4 Å². The molecule has 2 N–H and O–H groups in total. The summed E-state index contributed by atoms with van der Waals surface area (Å²) in [6.07, 6.45) is 5.29. The highest BCUT2D eigenvalue weighted by Gasteiger charge is 2.24. The molecule has 4 aromatic rings. The number of rotatable bonds is 7. The van der Waals surface area contributed by atoms with Crippen LogP contribution >= 0.6 is 11.6 Å². The topological polar surface area (TPSA) is 94.0 Å². The lowest BCUT2D eigenvalue weighted by Crippen LogP contribution is -2.27. The van der Waals surface area contributed by atoms with Crippen molar-refractivity contribution in [3.63, 3.8) is 0 Å². The largest absolute Gasteiger partial charge is 0.495 e. The third-order valence-corrected chi connectivity index (χ3v) is 6.55. The van der Waals surface area contributed by atoms with E-state index in [2.05, 4.69) is 37.8 Å². The van der Waals surface area contributed by atoms with Crippen molar-refractivity contribution in [3.8, 4) is 17.1 Å². The number of amides is 1. The van der Waals surface area contributed by atoms with E-state index in [1.165, 1.54) is 17.3 Å². The lowest BCUT2D eigenvalue weighted by atomic mass is 10.1. The summed E-state index contributed by atoms with van der Waals surface area (Å²) in [7, 11) is 1.56. The van der Waals surface area contributed by atoms with Crippen LogP contribution in [-0.4, -0.2) is 32.8 Å². The van der Waals surface area contributed by atoms with Gasteiger partial charge in [0.05, 0.1) is 30.1 Å². The van der Waals surface area contributed by atoms with Crippen LogP contribution in [0.15, 0.2) is 60.9 Å². The number of ether oxygens (including phenoxy) is 1. The number of fused-ring (bicyclic) bond motifs is 1. The monoisotopic (exact) mass is 502 g/mol.